The summed E-state index contributed by atoms with van der Waals surface area (Å²) in [4.78, 5) is 0. The molecule has 0 saturated carbocycles. The molecule has 1 aromatic rings. The second-order valence-electron chi connectivity index (χ2n) is 2.64. The zero-order valence-corrected chi connectivity index (χ0v) is 8.03. The molecule has 0 fully saturated rings. The molecule has 1 heterocycles. The highest BCUT2D eigenvalue weighted by molar-refractivity contribution is 7.07. The number of rotatable bonds is 4. The minimum atomic E-state index is 0.423. The molecule has 0 spiro atoms. The molecule has 0 aliphatic carbocycles. The summed E-state index contributed by atoms with van der Waals surface area (Å²) in [6.07, 6.45) is 7.06. The van der Waals surface area contributed by atoms with Gasteiger partial charge in [0.1, 0.15) is 0 Å². The highest BCUT2D eigenvalue weighted by Gasteiger charge is 2.07. The monoisotopic (exact) mass is 179 g/mol. The maximum Gasteiger partial charge on any atom is 0.0334 e. The lowest BCUT2D eigenvalue weighted by Gasteiger charge is -2.12. The number of hydrogen-bond acceptors (Lipinski definition) is 2. The van der Waals surface area contributed by atoms with Gasteiger partial charge in [-0.25, -0.2) is 0 Å². The number of thiophene rings is 1. The predicted octanol–water partition coefficient (Wildman–Crippen LogP) is 2.42. The van der Waals surface area contributed by atoms with Crippen LogP contribution >= 0.6 is 11.3 Å². The third kappa shape index (κ3) is 2.37. The van der Waals surface area contributed by atoms with E-state index < -0.39 is 0 Å². The second-order valence-corrected chi connectivity index (χ2v) is 3.42. The summed E-state index contributed by atoms with van der Waals surface area (Å²) in [5.74, 6) is 2.66. The lowest BCUT2D eigenvalue weighted by molar-refractivity contribution is 0.560. The molecule has 0 radical (unpaired) electrons. The summed E-state index contributed by atoms with van der Waals surface area (Å²) in [6, 6.07) is 2.56. The summed E-state index contributed by atoms with van der Waals surface area (Å²) < 4.78 is 0. The van der Waals surface area contributed by atoms with Crippen molar-refractivity contribution in [3.63, 3.8) is 0 Å². The Hall–Kier alpha value is -0.780. The van der Waals surface area contributed by atoms with Crippen LogP contribution < -0.4 is 5.32 Å². The standard InChI is InChI=1S/C10H13NS/c1-3-4-5-10(11-2)9-6-7-12-8-9/h1,6-8,10-11H,4-5H2,2H3. The molecule has 1 nitrogen and oxygen atoms in total. The highest BCUT2D eigenvalue weighted by Crippen LogP contribution is 2.19. The summed E-state index contributed by atoms with van der Waals surface area (Å²) >= 11 is 1.73. The van der Waals surface area contributed by atoms with Gasteiger partial charge in [0.15, 0.2) is 0 Å². The Morgan fingerprint density at radius 2 is 2.58 bits per heavy atom. The molecule has 12 heavy (non-hydrogen) atoms. The number of nitrogens with one attached hydrogen (secondary N) is 1. The molecular weight excluding hydrogens is 166 g/mol. The molecule has 0 bridgehead atoms. The lowest BCUT2D eigenvalue weighted by atomic mass is 10.1. The van der Waals surface area contributed by atoms with Crippen molar-refractivity contribution in [2.24, 2.45) is 0 Å². The summed E-state index contributed by atoms with van der Waals surface area (Å²) in [5, 5.41) is 7.51. The molecular formula is C10H13NS. The summed E-state index contributed by atoms with van der Waals surface area (Å²) in [6.45, 7) is 0. The molecule has 0 amide bonds. The average Bonchev–Trinajstić information content (AvgIpc) is 2.59. The Morgan fingerprint density at radius 1 is 1.75 bits per heavy atom. The van der Waals surface area contributed by atoms with Crippen molar-refractivity contribution in [3.8, 4) is 12.3 Å². The fourth-order valence-corrected chi connectivity index (χ4v) is 1.89. The van der Waals surface area contributed by atoms with E-state index in [-0.39, 0.29) is 0 Å². The largest absolute Gasteiger partial charge is 0.313 e. The second kappa shape index (κ2) is 4.97. The normalized spacial score (nSPS) is 12.3. The van der Waals surface area contributed by atoms with E-state index in [4.69, 9.17) is 6.42 Å². The average molecular weight is 179 g/mol. The van der Waals surface area contributed by atoms with E-state index >= 15 is 0 Å². The molecule has 2 heteroatoms. The lowest BCUT2D eigenvalue weighted by Crippen LogP contribution is -2.15. The van der Waals surface area contributed by atoms with Gasteiger partial charge < -0.3 is 5.32 Å². The minimum Gasteiger partial charge on any atom is -0.313 e. The van der Waals surface area contributed by atoms with Crippen molar-refractivity contribution < 1.29 is 0 Å². The fourth-order valence-electron chi connectivity index (χ4n) is 1.18. The zero-order chi connectivity index (χ0) is 8.81. The molecule has 0 aliphatic heterocycles. The van der Waals surface area contributed by atoms with Crippen molar-refractivity contribution in [1.29, 1.82) is 0 Å². The van der Waals surface area contributed by atoms with Crippen LogP contribution in [0.5, 0.6) is 0 Å². The van der Waals surface area contributed by atoms with Gasteiger partial charge in [0.25, 0.3) is 0 Å². The van der Waals surface area contributed by atoms with Gasteiger partial charge in [0.2, 0.25) is 0 Å². The molecule has 64 valence electrons. The van der Waals surface area contributed by atoms with Gasteiger partial charge in [0, 0.05) is 12.5 Å². The van der Waals surface area contributed by atoms with Gasteiger partial charge in [-0.15, -0.1) is 12.3 Å². The van der Waals surface area contributed by atoms with E-state index in [9.17, 15) is 0 Å². The van der Waals surface area contributed by atoms with E-state index in [1.165, 1.54) is 5.56 Å². The number of terminal acetylenes is 1. The summed E-state index contributed by atoms with van der Waals surface area (Å²) in [7, 11) is 1.97. The quantitative estimate of drug-likeness (QED) is 0.700. The Kier molecular flexibility index (Phi) is 3.86. The Bertz CT molecular complexity index is 245. The first-order valence-electron chi connectivity index (χ1n) is 4.01. The van der Waals surface area contributed by atoms with Crippen molar-refractivity contribution in [2.75, 3.05) is 7.05 Å². The first kappa shape index (κ1) is 9.31. The van der Waals surface area contributed by atoms with Gasteiger partial charge in [-0.2, -0.15) is 11.3 Å². The predicted molar refractivity (Wildman–Crippen MR) is 54.2 cm³/mol. The third-order valence-corrected chi connectivity index (χ3v) is 2.57. The highest BCUT2D eigenvalue weighted by atomic mass is 32.1. The van der Waals surface area contributed by atoms with Crippen LogP contribution in [-0.2, 0) is 0 Å². The molecule has 1 rings (SSSR count). The van der Waals surface area contributed by atoms with Crippen LogP contribution in [0.1, 0.15) is 24.4 Å². The van der Waals surface area contributed by atoms with E-state index in [0.29, 0.717) is 6.04 Å². The Labute approximate surface area is 77.8 Å². The van der Waals surface area contributed by atoms with Crippen molar-refractivity contribution in [1.82, 2.24) is 5.32 Å². The molecule has 0 aromatic carbocycles. The van der Waals surface area contributed by atoms with Crippen molar-refractivity contribution >= 4 is 11.3 Å². The third-order valence-electron chi connectivity index (χ3n) is 1.87. The van der Waals surface area contributed by atoms with Crippen LogP contribution in [0.4, 0.5) is 0 Å². The van der Waals surface area contributed by atoms with E-state index in [1.54, 1.807) is 11.3 Å². The van der Waals surface area contributed by atoms with Crippen molar-refractivity contribution in [2.45, 2.75) is 18.9 Å². The van der Waals surface area contributed by atoms with Crippen LogP contribution in [0.3, 0.4) is 0 Å². The smallest absolute Gasteiger partial charge is 0.0334 e. The van der Waals surface area contributed by atoms with Gasteiger partial charge in [-0.05, 0) is 35.9 Å². The zero-order valence-electron chi connectivity index (χ0n) is 7.21. The van der Waals surface area contributed by atoms with E-state index in [2.05, 4.69) is 28.1 Å². The summed E-state index contributed by atoms with van der Waals surface area (Å²) in [5.41, 5.74) is 1.35. The maximum atomic E-state index is 5.21. The van der Waals surface area contributed by atoms with Crippen LogP contribution in [0.15, 0.2) is 16.8 Å². The molecule has 1 N–H and O–H groups in total. The topological polar surface area (TPSA) is 12.0 Å². The molecule has 0 saturated heterocycles. The molecule has 1 unspecified atom stereocenters. The van der Waals surface area contributed by atoms with E-state index in [0.717, 1.165) is 12.8 Å². The van der Waals surface area contributed by atoms with E-state index in [1.807, 2.05) is 7.05 Å². The minimum absolute atomic E-state index is 0.423. The van der Waals surface area contributed by atoms with Crippen molar-refractivity contribution in [3.05, 3.63) is 22.4 Å². The fraction of sp³-hybridized carbons (Fsp3) is 0.400. The van der Waals surface area contributed by atoms with Crippen LogP contribution in [0.25, 0.3) is 0 Å². The van der Waals surface area contributed by atoms with Gasteiger partial charge >= 0.3 is 0 Å². The first-order chi connectivity index (χ1) is 5.88. The Morgan fingerprint density at radius 3 is 3.08 bits per heavy atom. The van der Waals surface area contributed by atoms with Gasteiger partial charge in [-0.3, -0.25) is 0 Å². The van der Waals surface area contributed by atoms with Crippen LogP contribution in [0, 0.1) is 12.3 Å². The van der Waals surface area contributed by atoms with Gasteiger partial charge in [-0.1, -0.05) is 0 Å². The molecule has 1 atom stereocenters. The maximum absolute atomic E-state index is 5.21. The van der Waals surface area contributed by atoms with Gasteiger partial charge in [0.05, 0.1) is 0 Å². The SMILES string of the molecule is C#CCCC(NC)c1ccsc1. The van der Waals surface area contributed by atoms with Crippen LogP contribution in [0.2, 0.25) is 0 Å². The number of hydrogen-bond donors (Lipinski definition) is 1. The first-order valence-corrected chi connectivity index (χ1v) is 4.95. The molecule has 1 aromatic heterocycles. The Balaban J connectivity index is 2.52. The van der Waals surface area contributed by atoms with Crippen LogP contribution in [-0.4, -0.2) is 7.05 Å². The molecule has 0 aliphatic rings.